The van der Waals surface area contributed by atoms with E-state index in [1.807, 2.05) is 36.4 Å². The Balaban J connectivity index is 1.49. The number of halogens is 1. The van der Waals surface area contributed by atoms with Gasteiger partial charge in [-0.25, -0.2) is 4.99 Å². The van der Waals surface area contributed by atoms with E-state index in [0.717, 1.165) is 50.8 Å². The van der Waals surface area contributed by atoms with E-state index in [1.54, 1.807) is 0 Å². The van der Waals surface area contributed by atoms with E-state index >= 15 is 0 Å². The van der Waals surface area contributed by atoms with Crippen molar-refractivity contribution in [1.82, 2.24) is 14.9 Å². The molecule has 3 aliphatic heterocycles. The first kappa shape index (κ1) is 28.8. The van der Waals surface area contributed by atoms with Crippen LogP contribution >= 0.6 is 11.6 Å². The van der Waals surface area contributed by atoms with E-state index in [1.165, 1.54) is 0 Å². The summed E-state index contributed by atoms with van der Waals surface area (Å²) >= 11 is 6.89. The first-order valence-corrected chi connectivity index (χ1v) is 14.5. The Hall–Kier alpha value is -2.76. The number of hydrogen-bond acceptors (Lipinski definition) is 10. The Labute approximate surface area is 241 Å². The third-order valence-electron chi connectivity index (χ3n) is 7.18. The van der Waals surface area contributed by atoms with E-state index in [4.69, 9.17) is 51.2 Å². The van der Waals surface area contributed by atoms with E-state index in [-0.39, 0.29) is 24.0 Å². The van der Waals surface area contributed by atoms with Gasteiger partial charge in [-0.3, -0.25) is 0 Å². The van der Waals surface area contributed by atoms with Crippen LogP contribution < -0.4 is 15.4 Å². The Bertz CT molecular complexity index is 1170. The average Bonchev–Trinajstić information content (AvgIpc) is 2.99. The molecule has 0 radical (unpaired) electrons. The first-order chi connectivity index (χ1) is 19.5. The van der Waals surface area contributed by atoms with Crippen LogP contribution in [0.15, 0.2) is 41.4 Å². The molecule has 0 aliphatic carbocycles. The van der Waals surface area contributed by atoms with Gasteiger partial charge < -0.3 is 34.5 Å². The van der Waals surface area contributed by atoms with E-state index in [2.05, 4.69) is 16.8 Å². The molecule has 2 atom stereocenters. The molecule has 3 fully saturated rings. The van der Waals surface area contributed by atoms with E-state index in [0.29, 0.717) is 62.0 Å². The van der Waals surface area contributed by atoms with Crippen LogP contribution in [0.1, 0.15) is 37.7 Å². The summed E-state index contributed by atoms with van der Waals surface area (Å²) in [5.41, 5.74) is 8.51. The summed E-state index contributed by atoms with van der Waals surface area (Å²) in [6.45, 7) is 5.29. The number of rotatable bonds is 9. The molecule has 2 aromatic rings. The van der Waals surface area contributed by atoms with Gasteiger partial charge in [-0.05, 0) is 57.3 Å². The second-order valence-electron chi connectivity index (χ2n) is 10.4. The highest BCUT2D eigenvalue weighted by Gasteiger charge is 2.25. The lowest BCUT2D eigenvalue weighted by Gasteiger charge is -2.31. The molecular weight excluding hydrogens is 532 g/mol. The molecule has 2 unspecified atom stereocenters. The number of nitrogens with two attached hydrogens (primary N) is 1. The molecule has 3 saturated heterocycles. The van der Waals surface area contributed by atoms with E-state index < -0.39 is 0 Å². The van der Waals surface area contributed by atoms with Crippen LogP contribution in [0, 0.1) is 0 Å². The van der Waals surface area contributed by atoms with Gasteiger partial charge in [0.05, 0.1) is 25.5 Å². The van der Waals surface area contributed by atoms with Crippen molar-refractivity contribution in [2.75, 3.05) is 64.6 Å². The number of anilines is 1. The molecular formula is C29H39ClN6O4. The van der Waals surface area contributed by atoms with Gasteiger partial charge in [-0.2, -0.15) is 9.97 Å². The predicted molar refractivity (Wildman–Crippen MR) is 156 cm³/mol. The summed E-state index contributed by atoms with van der Waals surface area (Å²) in [7, 11) is 2.10. The quantitative estimate of drug-likeness (QED) is 0.447. The zero-order chi connectivity index (χ0) is 27.7. The topological polar surface area (TPSA) is 108 Å². The molecule has 0 saturated carbocycles. The fourth-order valence-corrected chi connectivity index (χ4v) is 5.16. The molecule has 216 valence electrons. The molecule has 2 N–H and O–H groups in total. The maximum atomic E-state index is 6.89. The van der Waals surface area contributed by atoms with Crippen LogP contribution in [0.5, 0.6) is 5.88 Å². The van der Waals surface area contributed by atoms with Crippen molar-refractivity contribution in [3.63, 3.8) is 0 Å². The number of ether oxygens (including phenoxy) is 4. The van der Waals surface area contributed by atoms with Gasteiger partial charge in [-0.15, -0.1) is 0 Å². The summed E-state index contributed by atoms with van der Waals surface area (Å²) < 4.78 is 23.8. The summed E-state index contributed by atoms with van der Waals surface area (Å²) in [6.07, 6.45) is 6.46. The summed E-state index contributed by atoms with van der Waals surface area (Å²) in [5, 5.41) is 0.267. The smallest absolute Gasteiger partial charge is 0.240 e. The third kappa shape index (κ3) is 7.92. The van der Waals surface area contributed by atoms with Crippen LogP contribution in [0.3, 0.4) is 0 Å². The Morgan fingerprint density at radius 3 is 2.67 bits per heavy atom. The van der Waals surface area contributed by atoms with Crippen LogP contribution in [0.2, 0.25) is 5.02 Å². The van der Waals surface area contributed by atoms with E-state index in [9.17, 15) is 0 Å². The highest BCUT2D eigenvalue weighted by Crippen LogP contribution is 2.35. The second kappa shape index (κ2) is 14.2. The third-order valence-corrected chi connectivity index (χ3v) is 7.51. The Morgan fingerprint density at radius 1 is 1.10 bits per heavy atom. The van der Waals surface area contributed by atoms with Crippen LogP contribution in [0.4, 0.5) is 11.8 Å². The number of likely N-dealkylation sites (N-methyl/N-ethyl adjacent to an activating group) is 1. The standard InChI is InChI=1S/C29H39ClN6O4/c1-35-12-7-10-23(19-35)40-28-26(30)27(33-29(34-28)36-13-16-37-17-14-36)32-22(20-39-25-11-5-6-15-38-25)18-24(31)21-8-3-2-4-9-21/h2-4,8-9,18,23,25H,5-7,10-17,19-20,31H2,1H3. The molecule has 40 heavy (non-hydrogen) atoms. The van der Waals surface area contributed by atoms with Gasteiger partial charge in [-0.1, -0.05) is 41.9 Å². The lowest BCUT2D eigenvalue weighted by molar-refractivity contribution is -0.152. The molecule has 1 aromatic heterocycles. The van der Waals surface area contributed by atoms with Crippen LogP contribution in [0.25, 0.3) is 5.70 Å². The van der Waals surface area contributed by atoms with Gasteiger partial charge in [0.15, 0.2) is 12.1 Å². The van der Waals surface area contributed by atoms with Crippen molar-refractivity contribution in [3.8, 4) is 5.88 Å². The normalized spacial score (nSPS) is 23.3. The van der Waals surface area contributed by atoms with Crippen molar-refractivity contribution >= 4 is 34.8 Å². The molecule has 1 aromatic carbocycles. The lowest BCUT2D eigenvalue weighted by Crippen LogP contribution is -2.39. The van der Waals surface area contributed by atoms with Crippen LogP contribution in [-0.2, 0) is 14.2 Å². The van der Waals surface area contributed by atoms with Crippen LogP contribution in [-0.4, -0.2) is 92.6 Å². The van der Waals surface area contributed by atoms with Gasteiger partial charge in [0.1, 0.15) is 11.1 Å². The number of nitrogens with zero attached hydrogens (tertiary/aromatic N) is 5. The number of morpholine rings is 1. The van der Waals surface area contributed by atoms with Gasteiger partial charge >= 0.3 is 0 Å². The fraction of sp³-hybridized carbons (Fsp3) is 0.552. The maximum Gasteiger partial charge on any atom is 0.240 e. The van der Waals surface area contributed by atoms with Gasteiger partial charge in [0.2, 0.25) is 11.8 Å². The molecule has 0 spiro atoms. The molecule has 11 heteroatoms. The molecule has 10 nitrogen and oxygen atoms in total. The van der Waals surface area contributed by atoms with Crippen molar-refractivity contribution in [1.29, 1.82) is 0 Å². The largest absolute Gasteiger partial charge is 0.472 e. The number of hydrogen-bond donors (Lipinski definition) is 1. The number of piperidine rings is 1. The molecule has 5 rings (SSSR count). The van der Waals surface area contributed by atoms with Crippen molar-refractivity contribution in [3.05, 3.63) is 47.0 Å². The summed E-state index contributed by atoms with van der Waals surface area (Å²) in [6, 6.07) is 9.75. The second-order valence-corrected chi connectivity index (χ2v) is 10.8. The van der Waals surface area contributed by atoms with Crippen molar-refractivity contribution in [2.45, 2.75) is 44.5 Å². The average molecular weight is 571 g/mol. The van der Waals surface area contributed by atoms with Gasteiger partial charge in [0, 0.05) is 31.9 Å². The molecule has 0 bridgehead atoms. The predicted octanol–water partition coefficient (Wildman–Crippen LogP) is 4.06. The number of likely N-dealkylation sites (tertiary alicyclic amines) is 1. The fourth-order valence-electron chi connectivity index (χ4n) is 4.99. The zero-order valence-electron chi connectivity index (χ0n) is 23.1. The summed E-state index contributed by atoms with van der Waals surface area (Å²) in [4.78, 5) is 18.7. The minimum Gasteiger partial charge on any atom is -0.472 e. The first-order valence-electron chi connectivity index (χ1n) is 14.1. The Morgan fingerprint density at radius 2 is 1.93 bits per heavy atom. The van der Waals surface area contributed by atoms with Crippen molar-refractivity contribution < 1.29 is 18.9 Å². The number of aliphatic imine (C=N–C) groups is 1. The van der Waals surface area contributed by atoms with Crippen molar-refractivity contribution in [2.24, 2.45) is 10.7 Å². The number of aromatic nitrogens is 2. The monoisotopic (exact) mass is 570 g/mol. The number of benzene rings is 1. The zero-order valence-corrected chi connectivity index (χ0v) is 23.9. The highest BCUT2D eigenvalue weighted by atomic mass is 35.5. The Kier molecular flexibility index (Phi) is 10.2. The summed E-state index contributed by atoms with van der Waals surface area (Å²) in [5.74, 6) is 1.17. The minimum absolute atomic E-state index is 0.0135. The maximum absolute atomic E-state index is 6.89. The molecule has 0 amide bonds. The van der Waals surface area contributed by atoms with Gasteiger partial charge in [0.25, 0.3) is 0 Å². The molecule has 3 aliphatic rings. The minimum atomic E-state index is -0.280. The SMILES string of the molecule is CN1CCCC(Oc2nc(N3CCOCC3)nc(N=C(C=C(N)c3ccccc3)COC3CCCCO3)c2Cl)C1. The molecule has 4 heterocycles. The lowest BCUT2D eigenvalue weighted by atomic mass is 10.1. The highest BCUT2D eigenvalue weighted by molar-refractivity contribution is 6.34.